The summed E-state index contributed by atoms with van der Waals surface area (Å²) in [6.07, 6.45) is 3.01. The number of nitrogens with one attached hydrogen (secondary N) is 4. The zero-order valence-corrected chi connectivity index (χ0v) is 27.5. The average molecular weight is 654 g/mol. The average Bonchev–Trinajstić information content (AvgIpc) is 3.47. The van der Waals surface area contributed by atoms with E-state index in [0.717, 1.165) is 11.3 Å². The van der Waals surface area contributed by atoms with Crippen molar-refractivity contribution >= 4 is 47.1 Å². The molecule has 0 spiro atoms. The van der Waals surface area contributed by atoms with Crippen LogP contribution >= 0.6 is 11.3 Å². The number of methoxy groups -OCH3 is 1. The first-order chi connectivity index (χ1) is 21.4. The molecule has 0 aliphatic rings. The van der Waals surface area contributed by atoms with E-state index in [1.807, 2.05) is 0 Å². The molecule has 246 valence electrons. The van der Waals surface area contributed by atoms with Crippen molar-refractivity contribution in [2.75, 3.05) is 19.0 Å². The molecule has 0 fully saturated rings. The molecule has 6 N–H and O–H groups in total. The van der Waals surface area contributed by atoms with Gasteiger partial charge >= 0.3 is 17.9 Å². The van der Waals surface area contributed by atoms with Crippen molar-refractivity contribution in [1.82, 2.24) is 20.6 Å². The summed E-state index contributed by atoms with van der Waals surface area (Å²) in [4.78, 5) is 61.9. The normalized spacial score (nSPS) is 12.3. The fraction of sp³-hybridized carbons (Fsp3) is 0.387. The Morgan fingerprint density at radius 3 is 2.09 bits per heavy atom. The Bertz CT molecular complexity index is 1550. The first kappa shape index (κ1) is 35.4. The molecule has 0 bridgehead atoms. The SMILES string of the molecule is COC(=O)C(CNC(=O)c1ccc(-c2cccc(C(NC(=N)N)(C(=O)OC(C)(C)C)C(=O)OC(C)(C)C)c2)s1)Nc1ncccn1. The Morgan fingerprint density at radius 2 is 1.54 bits per heavy atom. The van der Waals surface area contributed by atoms with Gasteiger partial charge in [-0.3, -0.25) is 10.2 Å². The summed E-state index contributed by atoms with van der Waals surface area (Å²) in [5.41, 5.74) is 2.06. The number of nitrogens with two attached hydrogens (primary N) is 1. The Labute approximate surface area is 270 Å². The molecular formula is C31H39N7O7S. The van der Waals surface area contributed by atoms with Crippen molar-refractivity contribution in [3.63, 3.8) is 0 Å². The van der Waals surface area contributed by atoms with E-state index in [2.05, 4.69) is 25.9 Å². The molecular weight excluding hydrogens is 614 g/mol. The van der Waals surface area contributed by atoms with E-state index < -0.39 is 52.6 Å². The van der Waals surface area contributed by atoms with Gasteiger partial charge in [-0.05, 0) is 71.4 Å². The van der Waals surface area contributed by atoms with Crippen LogP contribution in [0, 0.1) is 5.41 Å². The smallest absolute Gasteiger partial charge is 0.349 e. The first-order valence-corrected chi connectivity index (χ1v) is 15.0. The molecule has 0 saturated carbocycles. The number of esters is 3. The molecule has 1 atom stereocenters. The van der Waals surface area contributed by atoms with E-state index in [4.69, 9.17) is 25.4 Å². The lowest BCUT2D eigenvalue weighted by atomic mass is 9.87. The van der Waals surface area contributed by atoms with Crippen LogP contribution in [0.3, 0.4) is 0 Å². The van der Waals surface area contributed by atoms with Crippen LogP contribution in [0.2, 0.25) is 0 Å². The molecule has 0 aliphatic heterocycles. The number of hydrogen-bond acceptors (Lipinski definition) is 12. The van der Waals surface area contributed by atoms with Gasteiger partial charge in [0.1, 0.15) is 17.2 Å². The number of hydrogen-bond donors (Lipinski definition) is 5. The van der Waals surface area contributed by atoms with Gasteiger partial charge < -0.3 is 35.9 Å². The largest absolute Gasteiger partial charge is 0.467 e. The predicted octanol–water partition coefficient (Wildman–Crippen LogP) is 2.95. The second-order valence-corrected chi connectivity index (χ2v) is 13.1. The lowest BCUT2D eigenvalue weighted by molar-refractivity contribution is -0.179. The van der Waals surface area contributed by atoms with Gasteiger partial charge in [-0.2, -0.15) is 0 Å². The van der Waals surface area contributed by atoms with Crippen LogP contribution < -0.4 is 21.7 Å². The van der Waals surface area contributed by atoms with E-state index in [-0.39, 0.29) is 18.1 Å². The van der Waals surface area contributed by atoms with Gasteiger partial charge in [-0.1, -0.05) is 18.2 Å². The van der Waals surface area contributed by atoms with Crippen LogP contribution in [-0.4, -0.2) is 70.6 Å². The number of carbonyl (C=O) groups is 4. The fourth-order valence-corrected chi connectivity index (χ4v) is 4.99. The summed E-state index contributed by atoms with van der Waals surface area (Å²) in [7, 11) is 1.23. The number of anilines is 1. The summed E-state index contributed by atoms with van der Waals surface area (Å²) in [5.74, 6) is -3.55. The van der Waals surface area contributed by atoms with E-state index in [9.17, 15) is 19.2 Å². The third-order valence-electron chi connectivity index (χ3n) is 5.96. The van der Waals surface area contributed by atoms with Crippen LogP contribution in [-0.2, 0) is 34.1 Å². The molecule has 3 aromatic rings. The number of thiophene rings is 1. The molecule has 2 aromatic heterocycles. The van der Waals surface area contributed by atoms with Gasteiger partial charge in [-0.15, -0.1) is 11.3 Å². The summed E-state index contributed by atoms with van der Waals surface area (Å²) in [5, 5.41) is 16.0. The standard InChI is InChI=1S/C31H39N7O7S/c1-29(2,3)44-25(41)31(38-27(32)33,26(42)45-30(4,5)6)19-11-8-10-18(16-19)21-12-13-22(46-21)23(39)36-17-20(24(40)43-7)37-28-34-14-9-15-35-28/h8-16,20H,17H2,1-7H3,(H,36,39)(H4,32,33,38)(H,34,35,37). The number of guanidine groups is 1. The third-order valence-corrected chi connectivity index (χ3v) is 7.10. The number of nitrogens with zero attached hydrogens (tertiary/aromatic N) is 2. The molecule has 1 unspecified atom stereocenters. The number of carbonyl (C=O) groups excluding carboxylic acids is 4. The minimum absolute atomic E-state index is 0.109. The van der Waals surface area contributed by atoms with Crippen LogP contribution in [0.25, 0.3) is 10.4 Å². The van der Waals surface area contributed by atoms with Crippen LogP contribution in [0.1, 0.15) is 56.8 Å². The van der Waals surface area contributed by atoms with Crippen molar-refractivity contribution in [2.24, 2.45) is 5.73 Å². The van der Waals surface area contributed by atoms with Crippen molar-refractivity contribution in [3.05, 3.63) is 65.3 Å². The zero-order valence-electron chi connectivity index (χ0n) is 26.7. The molecule has 46 heavy (non-hydrogen) atoms. The highest BCUT2D eigenvalue weighted by molar-refractivity contribution is 7.17. The van der Waals surface area contributed by atoms with Crippen molar-refractivity contribution in [2.45, 2.75) is 64.3 Å². The zero-order chi connectivity index (χ0) is 34.3. The van der Waals surface area contributed by atoms with Crippen molar-refractivity contribution in [1.29, 1.82) is 5.41 Å². The minimum Gasteiger partial charge on any atom is -0.467 e. The topological polar surface area (TPSA) is 208 Å². The Hall–Kier alpha value is -5.05. The van der Waals surface area contributed by atoms with Crippen molar-refractivity contribution < 1.29 is 33.4 Å². The van der Waals surface area contributed by atoms with E-state index in [1.165, 1.54) is 25.6 Å². The summed E-state index contributed by atoms with van der Waals surface area (Å²) in [6, 6.07) is 10.4. The monoisotopic (exact) mass is 653 g/mol. The van der Waals surface area contributed by atoms with Gasteiger partial charge in [0.25, 0.3) is 11.4 Å². The molecule has 14 nitrogen and oxygen atoms in total. The highest BCUT2D eigenvalue weighted by Gasteiger charge is 2.53. The number of aromatic nitrogens is 2. The van der Waals surface area contributed by atoms with Gasteiger partial charge in [-0.25, -0.2) is 24.4 Å². The fourth-order valence-electron chi connectivity index (χ4n) is 4.07. The van der Waals surface area contributed by atoms with E-state index in [1.54, 1.807) is 77.9 Å². The van der Waals surface area contributed by atoms with Crippen LogP contribution in [0.5, 0.6) is 0 Å². The predicted molar refractivity (Wildman–Crippen MR) is 172 cm³/mol. The molecule has 1 aromatic carbocycles. The first-order valence-electron chi connectivity index (χ1n) is 14.1. The minimum atomic E-state index is -2.32. The van der Waals surface area contributed by atoms with Gasteiger partial charge in [0.2, 0.25) is 5.95 Å². The molecule has 1 amide bonds. The maximum Gasteiger partial charge on any atom is 0.349 e. The summed E-state index contributed by atoms with van der Waals surface area (Å²) in [6.45, 7) is 9.76. The molecule has 15 heteroatoms. The maximum absolute atomic E-state index is 13.8. The number of rotatable bonds is 11. The highest BCUT2D eigenvalue weighted by atomic mass is 32.1. The van der Waals surface area contributed by atoms with Crippen LogP contribution in [0.15, 0.2) is 54.9 Å². The summed E-state index contributed by atoms with van der Waals surface area (Å²) < 4.78 is 16.1. The molecule has 0 saturated heterocycles. The third kappa shape index (κ3) is 9.23. The Morgan fingerprint density at radius 1 is 0.935 bits per heavy atom. The molecule has 2 heterocycles. The second kappa shape index (κ2) is 14.4. The molecule has 0 aliphatic carbocycles. The number of ether oxygens (including phenoxy) is 3. The van der Waals surface area contributed by atoms with Gasteiger partial charge in [0, 0.05) is 29.4 Å². The van der Waals surface area contributed by atoms with Crippen molar-refractivity contribution in [3.8, 4) is 10.4 Å². The van der Waals surface area contributed by atoms with Gasteiger partial charge in [0.05, 0.1) is 12.0 Å². The van der Waals surface area contributed by atoms with E-state index in [0.29, 0.717) is 15.3 Å². The van der Waals surface area contributed by atoms with Crippen LogP contribution in [0.4, 0.5) is 5.95 Å². The quantitative estimate of drug-likeness (QED) is 0.0666. The molecule has 3 rings (SSSR count). The highest BCUT2D eigenvalue weighted by Crippen LogP contribution is 2.34. The molecule has 0 radical (unpaired) electrons. The maximum atomic E-state index is 13.8. The second-order valence-electron chi connectivity index (χ2n) is 12.0. The van der Waals surface area contributed by atoms with Gasteiger partial charge in [0.15, 0.2) is 5.96 Å². The number of amides is 1. The number of benzene rings is 1. The van der Waals surface area contributed by atoms with E-state index >= 15 is 0 Å². The summed E-state index contributed by atoms with van der Waals surface area (Å²) >= 11 is 1.14. The Kier molecular flexibility index (Phi) is 11.1. The lowest BCUT2D eigenvalue weighted by Gasteiger charge is -2.35. The lowest BCUT2D eigenvalue weighted by Crippen LogP contribution is -2.61. The Balaban J connectivity index is 1.94.